The fourth-order valence-electron chi connectivity index (χ4n) is 4.55. The normalized spacial score (nSPS) is 14.2. The fraction of sp³-hybridized carbons (Fsp3) is 0.500. The summed E-state index contributed by atoms with van der Waals surface area (Å²) in [4.78, 5) is 37.6. The van der Waals surface area contributed by atoms with Gasteiger partial charge in [-0.3, -0.25) is 14.4 Å². The largest absolute Gasteiger partial charge is 0.427 e. The summed E-state index contributed by atoms with van der Waals surface area (Å²) < 4.78 is 6.91. The van der Waals surface area contributed by atoms with Crippen LogP contribution in [-0.4, -0.2) is 16.4 Å². The number of rotatable bonds is 8. The summed E-state index contributed by atoms with van der Waals surface area (Å²) in [5.41, 5.74) is 2.66. The van der Waals surface area contributed by atoms with Crippen molar-refractivity contribution < 1.29 is 14.3 Å². The molecule has 6 heteroatoms. The maximum atomic E-state index is 13.5. The van der Waals surface area contributed by atoms with Crippen LogP contribution in [0.5, 0.6) is 5.75 Å². The zero-order chi connectivity index (χ0) is 23.1. The van der Waals surface area contributed by atoms with Crippen molar-refractivity contribution in [2.75, 3.05) is 5.32 Å². The molecule has 0 aliphatic heterocycles. The lowest BCUT2D eigenvalue weighted by Crippen LogP contribution is -2.34. The molecule has 1 aliphatic carbocycles. The van der Waals surface area contributed by atoms with Crippen LogP contribution in [0.25, 0.3) is 0 Å². The number of aromatic nitrogens is 1. The first-order valence-corrected chi connectivity index (χ1v) is 11.8. The van der Waals surface area contributed by atoms with Crippen molar-refractivity contribution in [3.8, 4) is 5.75 Å². The Labute approximate surface area is 190 Å². The molecule has 0 unspecified atom stereocenters. The van der Waals surface area contributed by atoms with Gasteiger partial charge < -0.3 is 14.6 Å². The molecule has 0 radical (unpaired) electrons. The van der Waals surface area contributed by atoms with Gasteiger partial charge in [0.15, 0.2) is 0 Å². The van der Waals surface area contributed by atoms with Crippen LogP contribution in [0.2, 0.25) is 0 Å². The number of hydrogen-bond acceptors (Lipinski definition) is 4. The maximum Gasteiger partial charge on any atom is 0.308 e. The Kier molecular flexibility index (Phi) is 8.26. The van der Waals surface area contributed by atoms with Crippen LogP contribution < -0.4 is 15.6 Å². The highest BCUT2D eigenvalue weighted by molar-refractivity contribution is 6.04. The zero-order valence-electron chi connectivity index (χ0n) is 19.4. The molecule has 2 aromatic rings. The van der Waals surface area contributed by atoms with Crippen molar-refractivity contribution >= 4 is 17.6 Å². The van der Waals surface area contributed by atoms with Crippen molar-refractivity contribution in [1.82, 2.24) is 4.57 Å². The summed E-state index contributed by atoms with van der Waals surface area (Å²) in [7, 11) is 0. The van der Waals surface area contributed by atoms with Gasteiger partial charge in [0, 0.05) is 24.8 Å². The number of esters is 1. The van der Waals surface area contributed by atoms with Gasteiger partial charge in [0.05, 0.1) is 0 Å². The first-order chi connectivity index (χ1) is 15.4. The van der Waals surface area contributed by atoms with E-state index in [1.54, 1.807) is 30.3 Å². The van der Waals surface area contributed by atoms with E-state index in [1.807, 2.05) is 4.57 Å². The van der Waals surface area contributed by atoms with Gasteiger partial charge >= 0.3 is 5.97 Å². The molecule has 1 saturated carbocycles. The van der Waals surface area contributed by atoms with Gasteiger partial charge in [0.1, 0.15) is 11.3 Å². The van der Waals surface area contributed by atoms with E-state index in [9.17, 15) is 14.4 Å². The van der Waals surface area contributed by atoms with Gasteiger partial charge in [-0.1, -0.05) is 39.5 Å². The van der Waals surface area contributed by atoms with Crippen molar-refractivity contribution in [1.29, 1.82) is 0 Å². The van der Waals surface area contributed by atoms with Crippen LogP contribution in [0.15, 0.2) is 35.1 Å². The summed E-state index contributed by atoms with van der Waals surface area (Å²) in [6.07, 6.45) is 8.56. The highest BCUT2D eigenvalue weighted by atomic mass is 16.5. The minimum absolute atomic E-state index is 0.182. The lowest BCUT2D eigenvalue weighted by atomic mass is 9.89. The van der Waals surface area contributed by atoms with Crippen LogP contribution in [-0.2, 0) is 24.2 Å². The molecule has 0 atom stereocenters. The SMILES string of the molecule is CCCc1c(CC)cc(C(=O)Nc2ccc(OC(C)=O)cc2)c(=O)n1CC1CCCCC1. The third kappa shape index (κ3) is 5.87. The Hall–Kier alpha value is -2.89. The average molecular weight is 439 g/mol. The molecule has 0 saturated heterocycles. The summed E-state index contributed by atoms with van der Waals surface area (Å²) in [6.45, 7) is 6.22. The molecular formula is C26H34N2O4. The number of pyridine rings is 1. The average Bonchev–Trinajstić information content (AvgIpc) is 2.78. The second-order valence-corrected chi connectivity index (χ2v) is 8.63. The Balaban J connectivity index is 1.90. The van der Waals surface area contributed by atoms with Gasteiger partial charge in [-0.15, -0.1) is 0 Å². The molecule has 1 heterocycles. The summed E-state index contributed by atoms with van der Waals surface area (Å²) >= 11 is 0. The highest BCUT2D eigenvalue weighted by Gasteiger charge is 2.22. The van der Waals surface area contributed by atoms with Crippen LogP contribution in [0, 0.1) is 5.92 Å². The number of nitrogens with zero attached hydrogens (tertiary/aromatic N) is 1. The van der Waals surface area contributed by atoms with Crippen LogP contribution in [0.4, 0.5) is 5.69 Å². The summed E-state index contributed by atoms with van der Waals surface area (Å²) in [5, 5.41) is 2.82. The predicted molar refractivity (Wildman–Crippen MR) is 126 cm³/mol. The number of hydrogen-bond donors (Lipinski definition) is 1. The molecule has 1 aromatic heterocycles. The molecule has 32 heavy (non-hydrogen) atoms. The van der Waals surface area contributed by atoms with E-state index < -0.39 is 11.9 Å². The molecule has 0 spiro atoms. The van der Waals surface area contributed by atoms with Gasteiger partial charge in [0.25, 0.3) is 11.5 Å². The van der Waals surface area contributed by atoms with E-state index in [2.05, 4.69) is 19.2 Å². The molecule has 1 amide bonds. The van der Waals surface area contributed by atoms with Gasteiger partial charge in [0.2, 0.25) is 0 Å². The quantitative estimate of drug-likeness (QED) is 0.458. The monoisotopic (exact) mass is 438 g/mol. The van der Waals surface area contributed by atoms with Crippen LogP contribution in [0.3, 0.4) is 0 Å². The topological polar surface area (TPSA) is 77.4 Å². The lowest BCUT2D eigenvalue weighted by Gasteiger charge is -2.25. The van der Waals surface area contributed by atoms with E-state index in [-0.39, 0.29) is 11.1 Å². The van der Waals surface area contributed by atoms with E-state index in [4.69, 9.17) is 4.74 Å². The van der Waals surface area contributed by atoms with Crippen LogP contribution in [0.1, 0.15) is 80.9 Å². The molecule has 3 rings (SSSR count). The van der Waals surface area contributed by atoms with Crippen molar-refractivity contribution in [2.45, 2.75) is 78.7 Å². The molecular weight excluding hydrogens is 404 g/mol. The predicted octanol–water partition coefficient (Wildman–Crippen LogP) is 5.12. The lowest BCUT2D eigenvalue weighted by molar-refractivity contribution is -0.131. The van der Waals surface area contributed by atoms with E-state index in [0.717, 1.165) is 43.4 Å². The zero-order valence-corrected chi connectivity index (χ0v) is 19.4. The Morgan fingerprint density at radius 1 is 1.09 bits per heavy atom. The van der Waals surface area contributed by atoms with Crippen molar-refractivity contribution in [3.05, 3.63) is 57.5 Å². The van der Waals surface area contributed by atoms with Gasteiger partial charge in [-0.05, 0) is 67.5 Å². The first-order valence-electron chi connectivity index (χ1n) is 11.8. The molecule has 0 bridgehead atoms. The Bertz CT molecular complexity index is 1000. The smallest absolute Gasteiger partial charge is 0.308 e. The summed E-state index contributed by atoms with van der Waals surface area (Å²) in [5.74, 6) is 0.0846. The van der Waals surface area contributed by atoms with Gasteiger partial charge in [-0.25, -0.2) is 0 Å². The Morgan fingerprint density at radius 2 is 1.78 bits per heavy atom. The van der Waals surface area contributed by atoms with E-state index in [0.29, 0.717) is 23.9 Å². The number of amides is 1. The fourth-order valence-corrected chi connectivity index (χ4v) is 4.55. The molecule has 1 aliphatic rings. The minimum atomic E-state index is -0.412. The first kappa shape index (κ1) is 23.8. The van der Waals surface area contributed by atoms with Crippen molar-refractivity contribution in [3.63, 3.8) is 0 Å². The van der Waals surface area contributed by atoms with Crippen LogP contribution >= 0.6 is 0 Å². The number of aryl methyl sites for hydroxylation is 1. The molecule has 1 aromatic carbocycles. The highest BCUT2D eigenvalue weighted by Crippen LogP contribution is 2.26. The molecule has 1 fully saturated rings. The molecule has 172 valence electrons. The van der Waals surface area contributed by atoms with E-state index >= 15 is 0 Å². The maximum absolute atomic E-state index is 13.5. The van der Waals surface area contributed by atoms with E-state index in [1.165, 1.54) is 26.2 Å². The van der Waals surface area contributed by atoms with Gasteiger partial charge in [-0.2, -0.15) is 0 Å². The number of benzene rings is 1. The third-order valence-electron chi connectivity index (χ3n) is 6.14. The Morgan fingerprint density at radius 3 is 2.38 bits per heavy atom. The number of nitrogens with one attached hydrogen (secondary N) is 1. The standard InChI is InChI=1S/C26H34N2O4/c1-4-9-24-20(5-2)16-23(26(31)28(24)17-19-10-7-6-8-11-19)25(30)27-21-12-14-22(15-13-21)32-18(3)29/h12-16,19H,4-11,17H2,1-3H3,(H,27,30). The summed E-state index contributed by atoms with van der Waals surface area (Å²) in [6, 6.07) is 8.31. The third-order valence-corrected chi connectivity index (χ3v) is 6.14. The molecule has 1 N–H and O–H groups in total. The second kappa shape index (κ2) is 11.1. The second-order valence-electron chi connectivity index (χ2n) is 8.63. The number of carbonyl (C=O) groups is 2. The van der Waals surface area contributed by atoms with Crippen molar-refractivity contribution in [2.24, 2.45) is 5.92 Å². The number of ether oxygens (including phenoxy) is 1. The number of carbonyl (C=O) groups excluding carboxylic acids is 2. The minimum Gasteiger partial charge on any atom is -0.427 e. The molecule has 6 nitrogen and oxygen atoms in total. The number of anilines is 1.